The number of rotatable bonds is 9. The number of ether oxygens (including phenoxy) is 3. The first-order valence-corrected chi connectivity index (χ1v) is 13.1. The number of fused-ring (bicyclic) bond motifs is 5. The fraction of sp³-hybridized carbons (Fsp3) is 0.600. The highest BCUT2D eigenvalue weighted by Gasteiger charge is 2.55. The Balaban J connectivity index is 1.35. The van der Waals surface area contributed by atoms with E-state index in [1.54, 1.807) is 0 Å². The van der Waals surface area contributed by atoms with Crippen LogP contribution in [-0.4, -0.2) is 18.0 Å². The molecule has 3 aliphatic rings. The summed E-state index contributed by atoms with van der Waals surface area (Å²) in [6.45, 7) is 8.67. The van der Waals surface area contributed by atoms with E-state index in [2.05, 4.69) is 52.0 Å². The van der Waals surface area contributed by atoms with Gasteiger partial charge in [0.2, 0.25) is 6.29 Å². The standard InChI is InChI=1S/C30H40O3/c1-5-20(2)21-14-16-23(17-15-21)31-29(30(3,4)33-24-10-7-6-8-11-24)32-28-19-22-18-27(28)26-13-9-12-25(22)26/h6-8,10-11,14-17,20,22,25-29H,5,9,12-13,18-19H2,1-4H3. The molecule has 7 atom stereocenters. The second-order valence-electron chi connectivity index (χ2n) is 11.2. The van der Waals surface area contributed by atoms with Crippen molar-refractivity contribution in [2.24, 2.45) is 23.7 Å². The highest BCUT2D eigenvalue weighted by Crippen LogP contribution is 2.59. The molecule has 33 heavy (non-hydrogen) atoms. The molecule has 3 nitrogen and oxygen atoms in total. The van der Waals surface area contributed by atoms with E-state index in [1.807, 2.05) is 30.3 Å². The van der Waals surface area contributed by atoms with E-state index < -0.39 is 11.9 Å². The Morgan fingerprint density at radius 1 is 0.879 bits per heavy atom. The quantitative estimate of drug-likeness (QED) is 0.370. The minimum atomic E-state index is -0.631. The lowest BCUT2D eigenvalue weighted by Crippen LogP contribution is -2.50. The Labute approximate surface area is 199 Å². The molecule has 3 heteroatoms. The molecule has 0 aromatic heterocycles. The van der Waals surface area contributed by atoms with Crippen molar-refractivity contribution in [3.8, 4) is 11.5 Å². The number of hydrogen-bond acceptors (Lipinski definition) is 3. The van der Waals surface area contributed by atoms with Crippen LogP contribution in [0, 0.1) is 23.7 Å². The Morgan fingerprint density at radius 3 is 2.33 bits per heavy atom. The van der Waals surface area contributed by atoms with Crippen LogP contribution in [-0.2, 0) is 4.74 Å². The van der Waals surface area contributed by atoms with Gasteiger partial charge in [0.1, 0.15) is 11.5 Å². The molecule has 3 saturated carbocycles. The van der Waals surface area contributed by atoms with E-state index in [0.29, 0.717) is 11.8 Å². The predicted octanol–water partition coefficient (Wildman–Crippen LogP) is 7.60. The summed E-state index contributed by atoms with van der Waals surface area (Å²) in [5.74, 6) is 5.60. The summed E-state index contributed by atoms with van der Waals surface area (Å²) in [6, 6.07) is 18.6. The number of hydrogen-bond donors (Lipinski definition) is 0. The highest BCUT2D eigenvalue weighted by molar-refractivity contribution is 5.29. The SMILES string of the molecule is CCC(C)c1ccc(OC(OC2CC3CC2C2CCCC32)C(C)(C)Oc2ccccc2)cc1. The van der Waals surface area contributed by atoms with Gasteiger partial charge in [0, 0.05) is 0 Å². The summed E-state index contributed by atoms with van der Waals surface area (Å²) in [5, 5.41) is 0. The van der Waals surface area contributed by atoms with Gasteiger partial charge in [-0.05, 0) is 105 Å². The van der Waals surface area contributed by atoms with Crippen LogP contribution in [0.2, 0.25) is 0 Å². The second kappa shape index (κ2) is 9.33. The normalized spacial score (nSPS) is 30.1. The van der Waals surface area contributed by atoms with Crippen molar-refractivity contribution in [2.75, 3.05) is 0 Å². The second-order valence-corrected chi connectivity index (χ2v) is 11.2. The van der Waals surface area contributed by atoms with Crippen molar-refractivity contribution >= 4 is 0 Å². The molecule has 0 heterocycles. The first-order valence-electron chi connectivity index (χ1n) is 13.1. The van der Waals surface area contributed by atoms with Gasteiger partial charge in [-0.15, -0.1) is 0 Å². The topological polar surface area (TPSA) is 27.7 Å². The lowest BCUT2D eigenvalue weighted by Gasteiger charge is -2.39. The number of benzene rings is 2. The number of para-hydroxylation sites is 1. The third-order valence-electron chi connectivity index (χ3n) is 8.66. The maximum atomic E-state index is 6.85. The molecule has 0 radical (unpaired) electrons. The predicted molar refractivity (Wildman–Crippen MR) is 133 cm³/mol. The van der Waals surface area contributed by atoms with E-state index in [0.717, 1.165) is 35.7 Å². The van der Waals surface area contributed by atoms with Crippen LogP contribution < -0.4 is 9.47 Å². The van der Waals surface area contributed by atoms with Crippen molar-refractivity contribution in [1.29, 1.82) is 0 Å². The first kappa shape index (κ1) is 22.8. The molecule has 2 bridgehead atoms. The average Bonchev–Trinajstić information content (AvgIpc) is 3.53. The van der Waals surface area contributed by atoms with Crippen molar-refractivity contribution in [1.82, 2.24) is 0 Å². The van der Waals surface area contributed by atoms with Gasteiger partial charge in [-0.1, -0.05) is 50.6 Å². The monoisotopic (exact) mass is 448 g/mol. The van der Waals surface area contributed by atoms with Crippen molar-refractivity contribution < 1.29 is 14.2 Å². The summed E-state index contributed by atoms with van der Waals surface area (Å²) in [5.41, 5.74) is 0.718. The van der Waals surface area contributed by atoms with Crippen molar-refractivity contribution in [3.63, 3.8) is 0 Å². The molecule has 2 aromatic carbocycles. The largest absolute Gasteiger partial charge is 0.481 e. The molecule has 178 valence electrons. The molecule has 0 amide bonds. The van der Waals surface area contributed by atoms with Crippen molar-refractivity contribution in [3.05, 3.63) is 60.2 Å². The molecule has 3 fully saturated rings. The minimum Gasteiger partial charge on any atom is -0.481 e. The lowest BCUT2D eigenvalue weighted by molar-refractivity contribution is -0.209. The van der Waals surface area contributed by atoms with Crippen LogP contribution in [0.15, 0.2) is 54.6 Å². The van der Waals surface area contributed by atoms with Crippen LogP contribution >= 0.6 is 0 Å². The Bertz CT molecular complexity index is 906. The molecule has 2 aromatic rings. The Kier molecular flexibility index (Phi) is 6.44. The third-order valence-corrected chi connectivity index (χ3v) is 8.66. The molecular formula is C30H40O3. The third kappa shape index (κ3) is 4.67. The van der Waals surface area contributed by atoms with E-state index in [9.17, 15) is 0 Å². The van der Waals surface area contributed by atoms with Crippen molar-refractivity contribution in [2.45, 2.75) is 90.1 Å². The first-order chi connectivity index (χ1) is 15.9. The summed E-state index contributed by atoms with van der Waals surface area (Å²) in [4.78, 5) is 0. The van der Waals surface area contributed by atoms with Crippen LogP contribution in [0.1, 0.15) is 77.7 Å². The molecule has 0 aliphatic heterocycles. The summed E-state index contributed by atoms with van der Waals surface area (Å²) in [6.07, 6.45) is 7.68. The van der Waals surface area contributed by atoms with Crippen LogP contribution in [0.4, 0.5) is 0 Å². The van der Waals surface area contributed by atoms with E-state index >= 15 is 0 Å². The zero-order valence-electron chi connectivity index (χ0n) is 20.7. The Morgan fingerprint density at radius 2 is 1.61 bits per heavy atom. The molecule has 0 saturated heterocycles. The van der Waals surface area contributed by atoms with Crippen LogP contribution in [0.5, 0.6) is 11.5 Å². The van der Waals surface area contributed by atoms with E-state index in [4.69, 9.17) is 14.2 Å². The van der Waals surface area contributed by atoms with Gasteiger partial charge in [-0.3, -0.25) is 0 Å². The molecule has 0 N–H and O–H groups in total. The maximum Gasteiger partial charge on any atom is 0.239 e. The zero-order chi connectivity index (χ0) is 23.0. The fourth-order valence-electron chi connectivity index (χ4n) is 6.73. The summed E-state index contributed by atoms with van der Waals surface area (Å²) < 4.78 is 19.8. The summed E-state index contributed by atoms with van der Waals surface area (Å²) >= 11 is 0. The zero-order valence-corrected chi connectivity index (χ0v) is 20.7. The lowest BCUT2D eigenvalue weighted by atomic mass is 9.80. The van der Waals surface area contributed by atoms with Gasteiger partial charge >= 0.3 is 0 Å². The van der Waals surface area contributed by atoms with Gasteiger partial charge < -0.3 is 14.2 Å². The van der Waals surface area contributed by atoms with Gasteiger partial charge in [0.25, 0.3) is 0 Å². The van der Waals surface area contributed by atoms with Crippen LogP contribution in [0.25, 0.3) is 0 Å². The minimum absolute atomic E-state index is 0.275. The van der Waals surface area contributed by atoms with E-state index in [1.165, 1.54) is 37.7 Å². The maximum absolute atomic E-state index is 6.85. The molecule has 7 unspecified atom stereocenters. The van der Waals surface area contributed by atoms with Crippen LogP contribution in [0.3, 0.4) is 0 Å². The summed E-state index contributed by atoms with van der Waals surface area (Å²) in [7, 11) is 0. The van der Waals surface area contributed by atoms with Gasteiger partial charge in [-0.2, -0.15) is 0 Å². The highest BCUT2D eigenvalue weighted by atomic mass is 16.7. The van der Waals surface area contributed by atoms with Gasteiger partial charge in [-0.25, -0.2) is 0 Å². The molecule has 5 rings (SSSR count). The fourth-order valence-corrected chi connectivity index (χ4v) is 6.73. The average molecular weight is 449 g/mol. The van der Waals surface area contributed by atoms with Gasteiger partial charge in [0.15, 0.2) is 5.60 Å². The smallest absolute Gasteiger partial charge is 0.239 e. The molecule has 3 aliphatic carbocycles. The van der Waals surface area contributed by atoms with E-state index in [-0.39, 0.29) is 6.10 Å². The Hall–Kier alpha value is -2.00. The molecule has 0 spiro atoms. The van der Waals surface area contributed by atoms with Gasteiger partial charge in [0.05, 0.1) is 6.10 Å². The molecular weight excluding hydrogens is 408 g/mol.